The maximum Gasteiger partial charge on any atom is 0.257 e. The molecular formula is C16H19N3O5S. The quantitative estimate of drug-likeness (QED) is 0.841. The number of ether oxygens (including phenoxy) is 4. The molecule has 1 aromatic heterocycles. The Labute approximate surface area is 149 Å². The molecule has 2 heterocycles. The third kappa shape index (κ3) is 3.67. The number of carbonyl (C=O) groups excluding carboxylic acids is 1. The predicted molar refractivity (Wildman–Crippen MR) is 91.9 cm³/mol. The van der Waals surface area contributed by atoms with Gasteiger partial charge in [0.15, 0.2) is 11.5 Å². The Morgan fingerprint density at radius 1 is 1.20 bits per heavy atom. The van der Waals surface area contributed by atoms with E-state index in [0.29, 0.717) is 27.9 Å². The zero-order valence-electron chi connectivity index (χ0n) is 14.2. The lowest BCUT2D eigenvalue weighted by Gasteiger charge is -2.13. The van der Waals surface area contributed by atoms with E-state index in [1.807, 2.05) is 0 Å². The minimum absolute atomic E-state index is 0.0238. The molecule has 0 spiro atoms. The van der Waals surface area contributed by atoms with Crippen molar-refractivity contribution in [2.75, 3.05) is 33.3 Å². The second-order valence-electron chi connectivity index (χ2n) is 5.32. The molecule has 1 N–H and O–H groups in total. The third-order valence-electron chi connectivity index (χ3n) is 3.79. The smallest absolute Gasteiger partial charge is 0.257 e. The summed E-state index contributed by atoms with van der Waals surface area (Å²) in [5, 5.41) is 12.1. The number of hydrogen-bond acceptors (Lipinski definition) is 8. The van der Waals surface area contributed by atoms with E-state index in [2.05, 4.69) is 15.5 Å². The molecule has 1 aromatic carbocycles. The number of methoxy groups -OCH3 is 3. The fourth-order valence-electron chi connectivity index (χ4n) is 2.57. The predicted octanol–water partition coefficient (Wildman–Crippen LogP) is 2.67. The largest absolute Gasteiger partial charge is 0.493 e. The van der Waals surface area contributed by atoms with Gasteiger partial charge in [-0.05, 0) is 25.0 Å². The molecule has 1 fully saturated rings. The van der Waals surface area contributed by atoms with Gasteiger partial charge in [-0.15, -0.1) is 10.2 Å². The molecule has 0 unspecified atom stereocenters. The van der Waals surface area contributed by atoms with Gasteiger partial charge in [0, 0.05) is 12.2 Å². The summed E-state index contributed by atoms with van der Waals surface area (Å²) in [6, 6.07) is 3.16. The van der Waals surface area contributed by atoms with Gasteiger partial charge in [-0.3, -0.25) is 10.1 Å². The topological polar surface area (TPSA) is 91.8 Å². The van der Waals surface area contributed by atoms with E-state index < -0.39 is 0 Å². The van der Waals surface area contributed by atoms with Gasteiger partial charge in [-0.2, -0.15) is 0 Å². The Bertz CT molecular complexity index is 733. The molecule has 1 amide bonds. The minimum Gasteiger partial charge on any atom is -0.493 e. The monoisotopic (exact) mass is 365 g/mol. The van der Waals surface area contributed by atoms with Crippen LogP contribution in [0, 0.1) is 0 Å². The van der Waals surface area contributed by atoms with Crippen LogP contribution < -0.4 is 19.5 Å². The standard InChI is InChI=1S/C16H19N3O5S/c1-21-11-7-9(8-12(22-2)13(11)23-3)14(20)17-16-19-18-15(25-16)10-5-4-6-24-10/h7-8,10H,4-6H2,1-3H3,(H,17,19,20)/t10-/m0/s1. The van der Waals surface area contributed by atoms with E-state index in [0.717, 1.165) is 24.5 Å². The zero-order chi connectivity index (χ0) is 17.8. The Kier molecular flexibility index (Phi) is 5.34. The Morgan fingerprint density at radius 3 is 2.48 bits per heavy atom. The first-order chi connectivity index (χ1) is 12.2. The minimum atomic E-state index is -0.339. The SMILES string of the molecule is COc1cc(C(=O)Nc2nnc([C@@H]3CCCO3)s2)cc(OC)c1OC. The summed E-state index contributed by atoms with van der Waals surface area (Å²) in [7, 11) is 4.50. The number of aromatic nitrogens is 2. The molecule has 2 aromatic rings. The maximum absolute atomic E-state index is 12.5. The first kappa shape index (κ1) is 17.4. The molecular weight excluding hydrogens is 346 g/mol. The molecule has 1 saturated heterocycles. The maximum atomic E-state index is 12.5. The number of nitrogens with zero attached hydrogens (tertiary/aromatic N) is 2. The highest BCUT2D eigenvalue weighted by atomic mass is 32.1. The van der Waals surface area contributed by atoms with Gasteiger partial charge in [0.1, 0.15) is 11.1 Å². The number of amides is 1. The fourth-order valence-corrected chi connectivity index (χ4v) is 3.39. The lowest BCUT2D eigenvalue weighted by atomic mass is 10.1. The molecule has 9 heteroatoms. The molecule has 0 saturated carbocycles. The van der Waals surface area contributed by atoms with Crippen molar-refractivity contribution in [1.29, 1.82) is 0 Å². The highest BCUT2D eigenvalue weighted by Gasteiger charge is 2.23. The number of carbonyl (C=O) groups is 1. The first-order valence-electron chi connectivity index (χ1n) is 7.72. The molecule has 3 rings (SSSR count). The van der Waals surface area contributed by atoms with Crippen LogP contribution in [0.2, 0.25) is 0 Å². The average Bonchev–Trinajstić information content (AvgIpc) is 3.31. The van der Waals surface area contributed by atoms with Crippen molar-refractivity contribution in [3.63, 3.8) is 0 Å². The van der Waals surface area contributed by atoms with E-state index in [4.69, 9.17) is 18.9 Å². The van der Waals surface area contributed by atoms with Crippen LogP contribution >= 0.6 is 11.3 Å². The van der Waals surface area contributed by atoms with Crippen LogP contribution in [0.4, 0.5) is 5.13 Å². The number of rotatable bonds is 6. The normalized spacial score (nSPS) is 16.5. The summed E-state index contributed by atoms with van der Waals surface area (Å²) >= 11 is 1.31. The molecule has 1 aliphatic rings. The molecule has 1 aliphatic heterocycles. The summed E-state index contributed by atoms with van der Waals surface area (Å²) in [5.74, 6) is 0.904. The summed E-state index contributed by atoms with van der Waals surface area (Å²) in [6.07, 6.45) is 1.91. The van der Waals surface area contributed by atoms with Crippen LogP contribution in [0.5, 0.6) is 17.2 Å². The van der Waals surface area contributed by atoms with Gasteiger partial charge in [-0.1, -0.05) is 11.3 Å². The molecule has 0 radical (unpaired) electrons. The van der Waals surface area contributed by atoms with Crippen LogP contribution in [0.15, 0.2) is 12.1 Å². The second kappa shape index (κ2) is 7.66. The lowest BCUT2D eigenvalue weighted by molar-refractivity contribution is 0.102. The molecule has 0 aliphatic carbocycles. The number of anilines is 1. The summed E-state index contributed by atoms with van der Waals surface area (Å²) < 4.78 is 21.4. The van der Waals surface area contributed by atoms with E-state index in [1.54, 1.807) is 12.1 Å². The second-order valence-corrected chi connectivity index (χ2v) is 6.32. The Balaban J connectivity index is 1.79. The van der Waals surface area contributed by atoms with Crippen LogP contribution in [0.25, 0.3) is 0 Å². The number of hydrogen-bond donors (Lipinski definition) is 1. The molecule has 1 atom stereocenters. The number of benzene rings is 1. The fraction of sp³-hybridized carbons (Fsp3) is 0.438. The summed E-state index contributed by atoms with van der Waals surface area (Å²) in [6.45, 7) is 0.734. The highest BCUT2D eigenvalue weighted by molar-refractivity contribution is 7.15. The molecule has 25 heavy (non-hydrogen) atoms. The average molecular weight is 365 g/mol. The zero-order valence-corrected chi connectivity index (χ0v) is 15.0. The Hall–Kier alpha value is -2.39. The van der Waals surface area contributed by atoms with Crippen LogP contribution in [-0.2, 0) is 4.74 Å². The van der Waals surface area contributed by atoms with Crippen LogP contribution in [0.3, 0.4) is 0 Å². The first-order valence-corrected chi connectivity index (χ1v) is 8.54. The molecule has 8 nitrogen and oxygen atoms in total. The lowest BCUT2D eigenvalue weighted by Crippen LogP contribution is -2.12. The van der Waals surface area contributed by atoms with E-state index in [1.165, 1.54) is 32.7 Å². The van der Waals surface area contributed by atoms with Crippen molar-refractivity contribution in [3.05, 3.63) is 22.7 Å². The summed E-state index contributed by atoms with van der Waals surface area (Å²) in [5.41, 5.74) is 0.364. The van der Waals surface area contributed by atoms with Gasteiger partial charge in [-0.25, -0.2) is 0 Å². The van der Waals surface area contributed by atoms with Gasteiger partial charge in [0.25, 0.3) is 5.91 Å². The number of nitrogens with one attached hydrogen (secondary N) is 1. The van der Waals surface area contributed by atoms with Gasteiger partial charge >= 0.3 is 0 Å². The van der Waals surface area contributed by atoms with Gasteiger partial charge in [0.05, 0.1) is 21.3 Å². The van der Waals surface area contributed by atoms with Crippen molar-refractivity contribution in [1.82, 2.24) is 10.2 Å². The van der Waals surface area contributed by atoms with Crippen LogP contribution in [0.1, 0.15) is 34.3 Å². The molecule has 134 valence electrons. The van der Waals surface area contributed by atoms with Crippen molar-refractivity contribution >= 4 is 22.4 Å². The van der Waals surface area contributed by atoms with E-state index in [9.17, 15) is 4.79 Å². The van der Waals surface area contributed by atoms with Gasteiger partial charge < -0.3 is 18.9 Å². The van der Waals surface area contributed by atoms with E-state index >= 15 is 0 Å². The third-order valence-corrected chi connectivity index (χ3v) is 4.72. The van der Waals surface area contributed by atoms with Crippen molar-refractivity contribution in [2.45, 2.75) is 18.9 Å². The van der Waals surface area contributed by atoms with E-state index in [-0.39, 0.29) is 12.0 Å². The van der Waals surface area contributed by atoms with Crippen molar-refractivity contribution in [2.24, 2.45) is 0 Å². The molecule has 0 bridgehead atoms. The van der Waals surface area contributed by atoms with Gasteiger partial charge in [0.2, 0.25) is 10.9 Å². The van der Waals surface area contributed by atoms with Crippen molar-refractivity contribution in [3.8, 4) is 17.2 Å². The highest BCUT2D eigenvalue weighted by Crippen LogP contribution is 2.38. The summed E-state index contributed by atoms with van der Waals surface area (Å²) in [4.78, 5) is 12.5. The van der Waals surface area contributed by atoms with Crippen LogP contribution in [-0.4, -0.2) is 44.0 Å². The Morgan fingerprint density at radius 2 is 1.92 bits per heavy atom. The van der Waals surface area contributed by atoms with Crippen molar-refractivity contribution < 1.29 is 23.7 Å².